The zero-order valence-electron chi connectivity index (χ0n) is 10.1. The fraction of sp³-hybridized carbons (Fsp3) is 0.167. The van der Waals surface area contributed by atoms with E-state index < -0.39 is 6.36 Å². The standard InChI is InChI=1S/C12H7F3N2O2S/c1-20-11-9(6-16)10(19-17-11)7-2-4-8(5-3-7)18-12(13,14)15/h2-5H,1H3. The molecule has 0 aliphatic rings. The summed E-state index contributed by atoms with van der Waals surface area (Å²) in [5.41, 5.74) is 0.700. The maximum atomic E-state index is 12.0. The minimum atomic E-state index is -4.74. The van der Waals surface area contributed by atoms with Gasteiger partial charge in [0.05, 0.1) is 0 Å². The van der Waals surface area contributed by atoms with E-state index in [-0.39, 0.29) is 17.1 Å². The molecule has 0 radical (unpaired) electrons. The predicted octanol–water partition coefficient (Wildman–Crippen LogP) is 3.83. The molecule has 1 aromatic carbocycles. The highest BCUT2D eigenvalue weighted by atomic mass is 32.2. The first-order chi connectivity index (χ1) is 9.44. The third-order valence-corrected chi connectivity index (χ3v) is 2.98. The van der Waals surface area contributed by atoms with Gasteiger partial charge in [-0.2, -0.15) is 5.26 Å². The average molecular weight is 300 g/mol. The van der Waals surface area contributed by atoms with Crippen molar-refractivity contribution in [3.63, 3.8) is 0 Å². The van der Waals surface area contributed by atoms with Crippen molar-refractivity contribution < 1.29 is 22.4 Å². The number of alkyl halides is 3. The van der Waals surface area contributed by atoms with E-state index in [0.29, 0.717) is 10.6 Å². The molecule has 0 aliphatic carbocycles. The lowest BCUT2D eigenvalue weighted by atomic mass is 10.1. The number of aromatic nitrogens is 1. The zero-order valence-corrected chi connectivity index (χ0v) is 10.9. The Morgan fingerprint density at radius 1 is 1.30 bits per heavy atom. The summed E-state index contributed by atoms with van der Waals surface area (Å²) in [5, 5.41) is 13.2. The van der Waals surface area contributed by atoms with Gasteiger partial charge in [-0.15, -0.1) is 24.9 Å². The normalized spacial score (nSPS) is 11.2. The molecule has 1 aromatic heterocycles. The molecule has 0 atom stereocenters. The molecule has 0 N–H and O–H groups in total. The highest BCUT2D eigenvalue weighted by Gasteiger charge is 2.31. The van der Waals surface area contributed by atoms with E-state index in [1.54, 1.807) is 6.26 Å². The SMILES string of the molecule is CSc1noc(-c2ccc(OC(F)(F)F)cc2)c1C#N. The summed E-state index contributed by atoms with van der Waals surface area (Å²) in [5.74, 6) is -0.125. The molecule has 8 heteroatoms. The summed E-state index contributed by atoms with van der Waals surface area (Å²) < 4.78 is 44.9. The quantitative estimate of drug-likeness (QED) is 0.806. The summed E-state index contributed by atoms with van der Waals surface area (Å²) >= 11 is 1.25. The number of halogens is 3. The Labute approximate surface area is 116 Å². The number of rotatable bonds is 3. The molecule has 0 unspecified atom stereocenters. The molecule has 1 heterocycles. The van der Waals surface area contributed by atoms with E-state index in [4.69, 9.17) is 9.78 Å². The van der Waals surface area contributed by atoms with Crippen LogP contribution in [0.4, 0.5) is 13.2 Å². The second kappa shape index (κ2) is 5.46. The molecule has 104 valence electrons. The second-order valence-corrected chi connectivity index (χ2v) is 4.37. The number of ether oxygens (including phenoxy) is 1. The van der Waals surface area contributed by atoms with Gasteiger partial charge >= 0.3 is 6.36 Å². The molecule has 0 saturated heterocycles. The van der Waals surface area contributed by atoms with Crippen LogP contribution in [0.1, 0.15) is 5.56 Å². The lowest BCUT2D eigenvalue weighted by Gasteiger charge is -2.08. The van der Waals surface area contributed by atoms with Crippen molar-refractivity contribution in [2.75, 3.05) is 6.26 Å². The van der Waals surface area contributed by atoms with Crippen LogP contribution >= 0.6 is 11.8 Å². The summed E-state index contributed by atoms with van der Waals surface area (Å²) in [7, 11) is 0. The lowest BCUT2D eigenvalue weighted by molar-refractivity contribution is -0.274. The summed E-state index contributed by atoms with van der Waals surface area (Å²) in [6, 6.07) is 6.98. The van der Waals surface area contributed by atoms with Gasteiger partial charge in [0, 0.05) is 5.56 Å². The molecule has 0 aliphatic heterocycles. The Morgan fingerprint density at radius 2 is 1.95 bits per heavy atom. The molecule has 20 heavy (non-hydrogen) atoms. The zero-order chi connectivity index (χ0) is 14.8. The van der Waals surface area contributed by atoms with E-state index >= 15 is 0 Å². The van der Waals surface area contributed by atoms with Gasteiger partial charge in [-0.1, -0.05) is 5.16 Å². The Kier molecular flexibility index (Phi) is 3.90. The molecule has 0 bridgehead atoms. The number of hydrogen-bond acceptors (Lipinski definition) is 5. The van der Waals surface area contributed by atoms with Crippen LogP contribution in [-0.4, -0.2) is 17.8 Å². The predicted molar refractivity (Wildman–Crippen MR) is 65.1 cm³/mol. The van der Waals surface area contributed by atoms with E-state index in [2.05, 4.69) is 9.89 Å². The van der Waals surface area contributed by atoms with E-state index in [1.807, 2.05) is 6.07 Å². The molecule has 0 amide bonds. The Balaban J connectivity index is 2.31. The Bertz CT molecular complexity index is 644. The highest BCUT2D eigenvalue weighted by Crippen LogP contribution is 2.32. The number of nitriles is 1. The third kappa shape index (κ3) is 3.05. The summed E-state index contributed by atoms with van der Waals surface area (Å²) in [4.78, 5) is 0. The van der Waals surface area contributed by atoms with Gasteiger partial charge in [-0.05, 0) is 30.5 Å². The fourth-order valence-electron chi connectivity index (χ4n) is 1.52. The molecule has 0 fully saturated rings. The van der Waals surface area contributed by atoms with Crippen LogP contribution in [0.5, 0.6) is 5.75 Å². The smallest absolute Gasteiger partial charge is 0.406 e. The average Bonchev–Trinajstić information content (AvgIpc) is 2.80. The lowest BCUT2D eigenvalue weighted by Crippen LogP contribution is -2.16. The summed E-state index contributed by atoms with van der Waals surface area (Å²) in [6.07, 6.45) is -3.00. The fourth-order valence-corrected chi connectivity index (χ4v) is 1.97. The van der Waals surface area contributed by atoms with Gasteiger partial charge in [-0.25, -0.2) is 0 Å². The molecule has 0 spiro atoms. The monoisotopic (exact) mass is 300 g/mol. The van der Waals surface area contributed by atoms with Crippen LogP contribution in [0.2, 0.25) is 0 Å². The van der Waals surface area contributed by atoms with E-state index in [9.17, 15) is 13.2 Å². The van der Waals surface area contributed by atoms with E-state index in [0.717, 1.165) is 12.1 Å². The Hall–Kier alpha value is -2.14. The second-order valence-electron chi connectivity index (χ2n) is 3.58. The number of hydrogen-bond donors (Lipinski definition) is 0. The van der Waals surface area contributed by atoms with Gasteiger partial charge in [-0.3, -0.25) is 0 Å². The minimum absolute atomic E-state index is 0.218. The van der Waals surface area contributed by atoms with Crippen molar-refractivity contribution in [1.82, 2.24) is 5.16 Å². The van der Waals surface area contributed by atoms with Crippen LogP contribution in [0, 0.1) is 11.3 Å². The molecule has 2 rings (SSSR count). The van der Waals surface area contributed by atoms with Crippen LogP contribution < -0.4 is 4.74 Å². The molecular formula is C12H7F3N2O2S. The number of benzene rings is 1. The maximum absolute atomic E-state index is 12.0. The van der Waals surface area contributed by atoms with Crippen molar-refractivity contribution in [3.8, 4) is 23.1 Å². The van der Waals surface area contributed by atoms with E-state index in [1.165, 1.54) is 23.9 Å². The number of nitrogens with zero attached hydrogens (tertiary/aromatic N) is 2. The topological polar surface area (TPSA) is 59.1 Å². The minimum Gasteiger partial charge on any atom is -0.406 e. The van der Waals surface area contributed by atoms with Gasteiger partial charge in [0.2, 0.25) is 0 Å². The van der Waals surface area contributed by atoms with Crippen LogP contribution in [-0.2, 0) is 0 Å². The van der Waals surface area contributed by atoms with Gasteiger partial charge in [0.25, 0.3) is 0 Å². The molecule has 2 aromatic rings. The van der Waals surface area contributed by atoms with Crippen molar-refractivity contribution in [1.29, 1.82) is 5.26 Å². The first-order valence-corrected chi connectivity index (χ1v) is 6.47. The van der Waals surface area contributed by atoms with Gasteiger partial charge < -0.3 is 9.26 Å². The van der Waals surface area contributed by atoms with Crippen LogP contribution in [0.3, 0.4) is 0 Å². The van der Waals surface area contributed by atoms with Gasteiger partial charge in [0.1, 0.15) is 17.4 Å². The van der Waals surface area contributed by atoms with Crippen molar-refractivity contribution in [2.45, 2.75) is 11.4 Å². The summed E-state index contributed by atoms with van der Waals surface area (Å²) in [6.45, 7) is 0. The van der Waals surface area contributed by atoms with Crippen LogP contribution in [0.15, 0.2) is 33.8 Å². The molecule has 4 nitrogen and oxygen atoms in total. The van der Waals surface area contributed by atoms with Gasteiger partial charge in [0.15, 0.2) is 10.8 Å². The first-order valence-electron chi connectivity index (χ1n) is 5.24. The Morgan fingerprint density at radius 3 is 2.45 bits per heavy atom. The van der Waals surface area contributed by atoms with Crippen molar-refractivity contribution >= 4 is 11.8 Å². The van der Waals surface area contributed by atoms with Crippen LogP contribution in [0.25, 0.3) is 11.3 Å². The van der Waals surface area contributed by atoms with Crippen molar-refractivity contribution in [3.05, 3.63) is 29.8 Å². The highest BCUT2D eigenvalue weighted by molar-refractivity contribution is 7.98. The third-order valence-electron chi connectivity index (χ3n) is 2.32. The first kappa shape index (κ1) is 14.3. The van der Waals surface area contributed by atoms with Crippen molar-refractivity contribution in [2.24, 2.45) is 0 Å². The largest absolute Gasteiger partial charge is 0.573 e. The maximum Gasteiger partial charge on any atom is 0.573 e. The number of thioether (sulfide) groups is 1. The molecule has 0 saturated carbocycles. The molecular weight excluding hydrogens is 293 g/mol.